The molecule has 0 saturated heterocycles. The molecule has 1 saturated carbocycles. The van der Waals surface area contributed by atoms with Gasteiger partial charge in [-0.1, -0.05) is 55.1 Å². The zero-order chi connectivity index (χ0) is 18.0. The van der Waals surface area contributed by atoms with Crippen LogP contribution in [0.3, 0.4) is 0 Å². The highest BCUT2D eigenvalue weighted by atomic mass is 35.5. The van der Waals surface area contributed by atoms with E-state index in [2.05, 4.69) is 22.5 Å². The molecule has 0 spiro atoms. The second-order valence-electron chi connectivity index (χ2n) is 6.69. The minimum absolute atomic E-state index is 0.151. The lowest BCUT2D eigenvalue weighted by Crippen LogP contribution is -2.45. The molecule has 1 atom stereocenters. The summed E-state index contributed by atoms with van der Waals surface area (Å²) in [5.74, 6) is 0. The quantitative estimate of drug-likeness (QED) is 0.610. The summed E-state index contributed by atoms with van der Waals surface area (Å²) in [5.41, 5.74) is 3.91. The van der Waals surface area contributed by atoms with E-state index in [0.29, 0.717) is 21.2 Å². The van der Waals surface area contributed by atoms with E-state index in [1.165, 1.54) is 32.1 Å². The molecule has 1 aliphatic heterocycles. The van der Waals surface area contributed by atoms with Crippen molar-refractivity contribution in [2.45, 2.75) is 51.1 Å². The molecule has 1 fully saturated rings. The van der Waals surface area contributed by atoms with Crippen LogP contribution < -0.4 is 16.0 Å². The third kappa shape index (κ3) is 4.30. The van der Waals surface area contributed by atoms with Crippen LogP contribution in [0.15, 0.2) is 41.7 Å². The van der Waals surface area contributed by atoms with Gasteiger partial charge in [-0.05, 0) is 49.7 Å². The van der Waals surface area contributed by atoms with Gasteiger partial charge in [-0.3, -0.25) is 0 Å². The van der Waals surface area contributed by atoms with E-state index in [9.17, 15) is 0 Å². The summed E-state index contributed by atoms with van der Waals surface area (Å²) in [6.07, 6.45) is 6.26. The Labute approximate surface area is 164 Å². The lowest BCUT2D eigenvalue weighted by molar-refractivity contribution is 0.396. The Morgan fingerprint density at radius 1 is 1.24 bits per heavy atom. The SMILES string of the molecule is C=C(NC1CCCCC1)C1=C(C)NC(=S)NC1c1ccc(Cl)cc1Cl. The highest BCUT2D eigenvalue weighted by molar-refractivity contribution is 7.80. The predicted octanol–water partition coefficient (Wildman–Crippen LogP) is 5.22. The molecule has 0 amide bonds. The van der Waals surface area contributed by atoms with Crippen molar-refractivity contribution in [1.82, 2.24) is 16.0 Å². The molecule has 2 aliphatic rings. The molecule has 0 bridgehead atoms. The average molecular weight is 396 g/mol. The Bertz CT molecular complexity index is 723. The van der Waals surface area contributed by atoms with Gasteiger partial charge in [0.15, 0.2) is 5.11 Å². The van der Waals surface area contributed by atoms with Crippen LogP contribution in [0.25, 0.3) is 0 Å². The first-order valence-corrected chi connectivity index (χ1v) is 9.81. The number of allylic oxidation sites excluding steroid dienone is 1. The van der Waals surface area contributed by atoms with Crippen LogP contribution in [-0.2, 0) is 0 Å². The van der Waals surface area contributed by atoms with E-state index >= 15 is 0 Å². The van der Waals surface area contributed by atoms with Crippen LogP contribution >= 0.6 is 35.4 Å². The van der Waals surface area contributed by atoms with E-state index in [1.54, 1.807) is 6.07 Å². The lowest BCUT2D eigenvalue weighted by atomic mass is 9.91. The number of halogens is 2. The number of hydrogen-bond donors (Lipinski definition) is 3. The molecule has 3 N–H and O–H groups in total. The van der Waals surface area contributed by atoms with Crippen molar-refractivity contribution < 1.29 is 0 Å². The molecule has 3 nitrogen and oxygen atoms in total. The molecule has 1 unspecified atom stereocenters. The Kier molecular flexibility index (Phi) is 5.92. The Morgan fingerprint density at radius 2 is 1.96 bits per heavy atom. The molecule has 1 aromatic rings. The van der Waals surface area contributed by atoms with Gasteiger partial charge in [0, 0.05) is 33.1 Å². The summed E-state index contributed by atoms with van der Waals surface area (Å²) in [6.45, 7) is 6.33. The highest BCUT2D eigenvalue weighted by Gasteiger charge is 2.29. The van der Waals surface area contributed by atoms with Gasteiger partial charge in [-0.15, -0.1) is 0 Å². The number of rotatable bonds is 4. The summed E-state index contributed by atoms with van der Waals surface area (Å²) in [4.78, 5) is 0. The maximum absolute atomic E-state index is 6.46. The largest absolute Gasteiger partial charge is 0.382 e. The molecule has 1 heterocycles. The topological polar surface area (TPSA) is 36.1 Å². The molecule has 25 heavy (non-hydrogen) atoms. The van der Waals surface area contributed by atoms with E-state index in [4.69, 9.17) is 35.4 Å². The molecule has 0 aromatic heterocycles. The maximum Gasteiger partial charge on any atom is 0.171 e. The maximum atomic E-state index is 6.46. The van der Waals surface area contributed by atoms with Crippen LogP contribution in [0.2, 0.25) is 10.0 Å². The zero-order valence-corrected chi connectivity index (χ0v) is 16.6. The Hall–Kier alpha value is -1.23. The van der Waals surface area contributed by atoms with Gasteiger partial charge < -0.3 is 16.0 Å². The van der Waals surface area contributed by atoms with Crippen molar-refractivity contribution in [1.29, 1.82) is 0 Å². The monoisotopic (exact) mass is 395 g/mol. The summed E-state index contributed by atoms with van der Waals surface area (Å²) < 4.78 is 0. The van der Waals surface area contributed by atoms with Gasteiger partial charge in [0.05, 0.1) is 6.04 Å². The van der Waals surface area contributed by atoms with E-state index in [-0.39, 0.29) is 6.04 Å². The molecule has 1 aliphatic carbocycles. The number of thiocarbonyl (C=S) groups is 1. The van der Waals surface area contributed by atoms with Gasteiger partial charge in [-0.2, -0.15) is 0 Å². The second-order valence-corrected chi connectivity index (χ2v) is 7.95. The Morgan fingerprint density at radius 3 is 2.64 bits per heavy atom. The first-order chi connectivity index (χ1) is 12.0. The van der Waals surface area contributed by atoms with Crippen molar-refractivity contribution in [3.63, 3.8) is 0 Å². The minimum atomic E-state index is -0.151. The summed E-state index contributed by atoms with van der Waals surface area (Å²) >= 11 is 17.9. The molecule has 3 rings (SSSR count). The summed E-state index contributed by atoms with van der Waals surface area (Å²) in [6, 6.07) is 5.88. The molecular formula is C19H23Cl2N3S. The van der Waals surface area contributed by atoms with Crippen LogP contribution in [0.4, 0.5) is 0 Å². The molecule has 1 aromatic carbocycles. The minimum Gasteiger partial charge on any atom is -0.382 e. The highest BCUT2D eigenvalue weighted by Crippen LogP contribution is 2.35. The zero-order valence-electron chi connectivity index (χ0n) is 14.3. The standard InChI is InChI=1S/C19H23Cl2N3S/c1-11(22-14-6-4-3-5-7-14)17-12(2)23-19(25)24-18(17)15-9-8-13(20)10-16(15)21/h8-10,14,18,22H,1,3-7H2,2H3,(H2,23,24,25). The fourth-order valence-electron chi connectivity index (χ4n) is 3.63. The predicted molar refractivity (Wildman–Crippen MR) is 110 cm³/mol. The van der Waals surface area contributed by atoms with Crippen LogP contribution in [0.5, 0.6) is 0 Å². The van der Waals surface area contributed by atoms with Crippen LogP contribution in [-0.4, -0.2) is 11.2 Å². The van der Waals surface area contributed by atoms with Gasteiger partial charge in [0.1, 0.15) is 0 Å². The van der Waals surface area contributed by atoms with Crippen molar-refractivity contribution in [3.05, 3.63) is 57.4 Å². The second kappa shape index (κ2) is 7.98. The number of benzene rings is 1. The first-order valence-electron chi connectivity index (χ1n) is 8.64. The van der Waals surface area contributed by atoms with E-state index in [0.717, 1.165) is 22.5 Å². The van der Waals surface area contributed by atoms with Gasteiger partial charge in [0.2, 0.25) is 0 Å². The smallest absolute Gasteiger partial charge is 0.171 e. The summed E-state index contributed by atoms with van der Waals surface area (Å²) in [5, 5.41) is 12.0. The third-order valence-corrected chi connectivity index (χ3v) is 5.63. The van der Waals surface area contributed by atoms with Crippen molar-refractivity contribution >= 4 is 40.5 Å². The first kappa shape index (κ1) is 18.6. The fourth-order valence-corrected chi connectivity index (χ4v) is 4.42. The molecule has 0 radical (unpaired) electrons. The van der Waals surface area contributed by atoms with Gasteiger partial charge >= 0.3 is 0 Å². The molecule has 134 valence electrons. The van der Waals surface area contributed by atoms with Crippen LogP contribution in [0.1, 0.15) is 50.6 Å². The van der Waals surface area contributed by atoms with Gasteiger partial charge in [0.25, 0.3) is 0 Å². The number of hydrogen-bond acceptors (Lipinski definition) is 2. The van der Waals surface area contributed by atoms with E-state index < -0.39 is 0 Å². The van der Waals surface area contributed by atoms with Crippen LogP contribution in [0, 0.1) is 0 Å². The van der Waals surface area contributed by atoms with Crippen molar-refractivity contribution in [3.8, 4) is 0 Å². The Balaban J connectivity index is 1.90. The van der Waals surface area contributed by atoms with E-state index in [1.807, 2.05) is 19.1 Å². The fraction of sp³-hybridized carbons (Fsp3) is 0.421. The average Bonchev–Trinajstić information content (AvgIpc) is 2.54. The van der Waals surface area contributed by atoms with Crippen molar-refractivity contribution in [2.75, 3.05) is 0 Å². The van der Waals surface area contributed by atoms with Crippen molar-refractivity contribution in [2.24, 2.45) is 0 Å². The summed E-state index contributed by atoms with van der Waals surface area (Å²) in [7, 11) is 0. The number of nitrogens with one attached hydrogen (secondary N) is 3. The normalized spacial score (nSPS) is 21.6. The lowest BCUT2D eigenvalue weighted by Gasteiger charge is -2.34. The molecular weight excluding hydrogens is 373 g/mol. The molecule has 6 heteroatoms. The third-order valence-electron chi connectivity index (χ3n) is 4.85. The van der Waals surface area contributed by atoms with Gasteiger partial charge in [-0.25, -0.2) is 0 Å².